The fraction of sp³-hybridized carbons (Fsp3) is 1.00. The lowest BCUT2D eigenvalue weighted by Gasteiger charge is -2.32. The van der Waals surface area contributed by atoms with Crippen LogP contribution in [0.2, 0.25) is 0 Å². The molecule has 1 saturated carbocycles. The summed E-state index contributed by atoms with van der Waals surface area (Å²) in [4.78, 5) is 0. The van der Waals surface area contributed by atoms with Gasteiger partial charge < -0.3 is 11.1 Å². The second-order valence-electron chi connectivity index (χ2n) is 4.77. The Morgan fingerprint density at radius 2 is 2.23 bits per heavy atom. The summed E-state index contributed by atoms with van der Waals surface area (Å²) in [5.74, 6) is 0.754. The highest BCUT2D eigenvalue weighted by molar-refractivity contribution is 5.05. The Balaban J connectivity index is 2.04. The Kier molecular flexibility index (Phi) is 2.61. The van der Waals surface area contributed by atoms with Crippen LogP contribution >= 0.6 is 0 Å². The summed E-state index contributed by atoms with van der Waals surface area (Å²) in [6.45, 7) is 3.16. The minimum atomic E-state index is 0.454. The highest BCUT2D eigenvalue weighted by atomic mass is 15.1. The molecule has 0 radical (unpaired) electrons. The third kappa shape index (κ3) is 1.50. The Morgan fingerprint density at radius 1 is 1.38 bits per heavy atom. The van der Waals surface area contributed by atoms with Gasteiger partial charge in [-0.2, -0.15) is 0 Å². The Hall–Kier alpha value is -0.0800. The predicted molar refractivity (Wildman–Crippen MR) is 55.6 cm³/mol. The van der Waals surface area contributed by atoms with Crippen LogP contribution in [-0.2, 0) is 0 Å². The quantitative estimate of drug-likeness (QED) is 0.681. The van der Waals surface area contributed by atoms with Crippen molar-refractivity contribution < 1.29 is 0 Å². The lowest BCUT2D eigenvalue weighted by Crippen LogP contribution is -2.48. The van der Waals surface area contributed by atoms with Crippen LogP contribution in [0.15, 0.2) is 0 Å². The fourth-order valence-corrected chi connectivity index (χ4v) is 3.30. The molecule has 2 fully saturated rings. The fourth-order valence-electron chi connectivity index (χ4n) is 3.30. The van der Waals surface area contributed by atoms with E-state index in [2.05, 4.69) is 12.2 Å². The number of hydrogen-bond donors (Lipinski definition) is 2. The number of nitrogens with two attached hydrogens (primary N) is 1. The van der Waals surface area contributed by atoms with E-state index in [0.29, 0.717) is 5.54 Å². The molecule has 2 nitrogen and oxygen atoms in total. The van der Waals surface area contributed by atoms with Crippen molar-refractivity contribution >= 4 is 0 Å². The zero-order valence-corrected chi connectivity index (χ0v) is 8.68. The van der Waals surface area contributed by atoms with Gasteiger partial charge in [0.15, 0.2) is 0 Å². The maximum atomic E-state index is 5.84. The standard InChI is InChI=1S/C11H22N2/c1-2-10-5-7-11(13-10)6-3-4-9(11)8-12/h9-10,13H,2-8,12H2,1H3/t9-,10?,11?/m0/s1. The van der Waals surface area contributed by atoms with Crippen molar-refractivity contribution in [1.29, 1.82) is 0 Å². The van der Waals surface area contributed by atoms with Gasteiger partial charge in [0.05, 0.1) is 0 Å². The van der Waals surface area contributed by atoms with Gasteiger partial charge in [-0.1, -0.05) is 13.3 Å². The molecule has 13 heavy (non-hydrogen) atoms. The maximum absolute atomic E-state index is 5.84. The van der Waals surface area contributed by atoms with Crippen molar-refractivity contribution in [3.8, 4) is 0 Å². The molecule has 2 aliphatic rings. The molecule has 3 N–H and O–H groups in total. The van der Waals surface area contributed by atoms with E-state index in [9.17, 15) is 0 Å². The molecular formula is C11H22N2. The maximum Gasteiger partial charge on any atom is 0.0224 e. The van der Waals surface area contributed by atoms with Gasteiger partial charge in [-0.3, -0.25) is 0 Å². The monoisotopic (exact) mass is 182 g/mol. The van der Waals surface area contributed by atoms with Crippen LogP contribution in [-0.4, -0.2) is 18.1 Å². The van der Waals surface area contributed by atoms with Gasteiger partial charge in [0, 0.05) is 11.6 Å². The molecule has 1 aliphatic heterocycles. The van der Waals surface area contributed by atoms with Crippen LogP contribution in [0.5, 0.6) is 0 Å². The predicted octanol–water partition coefficient (Wildman–Crippen LogP) is 1.65. The van der Waals surface area contributed by atoms with Crippen LogP contribution in [0.3, 0.4) is 0 Å². The molecule has 0 aromatic carbocycles. The molecule has 0 aromatic rings. The molecule has 2 rings (SSSR count). The zero-order valence-electron chi connectivity index (χ0n) is 8.68. The smallest absolute Gasteiger partial charge is 0.0224 e. The molecule has 3 atom stereocenters. The SMILES string of the molecule is CCC1CCC2(CCC[C@H]2CN)N1. The van der Waals surface area contributed by atoms with Gasteiger partial charge in [0.2, 0.25) is 0 Å². The molecule has 2 heteroatoms. The molecule has 2 unspecified atom stereocenters. The average molecular weight is 182 g/mol. The van der Waals surface area contributed by atoms with Crippen molar-refractivity contribution in [2.45, 2.75) is 57.0 Å². The van der Waals surface area contributed by atoms with E-state index in [-0.39, 0.29) is 0 Å². The molecule has 1 spiro atoms. The normalized spacial score (nSPS) is 44.8. The van der Waals surface area contributed by atoms with Gasteiger partial charge in [-0.05, 0) is 44.6 Å². The summed E-state index contributed by atoms with van der Waals surface area (Å²) < 4.78 is 0. The number of nitrogens with one attached hydrogen (secondary N) is 1. The summed E-state index contributed by atoms with van der Waals surface area (Å²) in [5.41, 5.74) is 6.29. The Bertz CT molecular complexity index is 181. The first-order valence-corrected chi connectivity index (χ1v) is 5.78. The van der Waals surface area contributed by atoms with Gasteiger partial charge in [0.25, 0.3) is 0 Å². The molecule has 1 heterocycles. The summed E-state index contributed by atoms with van der Waals surface area (Å²) in [6.07, 6.45) is 8.11. The van der Waals surface area contributed by atoms with Gasteiger partial charge in [-0.25, -0.2) is 0 Å². The van der Waals surface area contributed by atoms with E-state index >= 15 is 0 Å². The van der Waals surface area contributed by atoms with E-state index in [1.165, 1.54) is 38.5 Å². The minimum Gasteiger partial charge on any atom is -0.330 e. The van der Waals surface area contributed by atoms with Crippen LogP contribution in [0.1, 0.15) is 45.4 Å². The first kappa shape index (κ1) is 9.47. The highest BCUT2D eigenvalue weighted by Gasteiger charge is 2.46. The van der Waals surface area contributed by atoms with Crippen LogP contribution < -0.4 is 11.1 Å². The third-order valence-corrected chi connectivity index (χ3v) is 4.16. The Labute approximate surface area is 81.3 Å². The molecule has 0 aromatic heterocycles. The van der Waals surface area contributed by atoms with E-state index < -0.39 is 0 Å². The number of hydrogen-bond acceptors (Lipinski definition) is 2. The van der Waals surface area contributed by atoms with Crippen molar-refractivity contribution in [2.24, 2.45) is 11.7 Å². The molecule has 0 bridgehead atoms. The first-order valence-electron chi connectivity index (χ1n) is 5.78. The van der Waals surface area contributed by atoms with E-state index in [0.717, 1.165) is 18.5 Å². The summed E-state index contributed by atoms with van der Waals surface area (Å²) in [6, 6.07) is 0.771. The molecule has 1 saturated heterocycles. The average Bonchev–Trinajstić information content (AvgIpc) is 2.74. The molecular weight excluding hydrogens is 160 g/mol. The molecule has 1 aliphatic carbocycles. The highest BCUT2D eigenvalue weighted by Crippen LogP contribution is 2.42. The molecule has 0 amide bonds. The lowest BCUT2D eigenvalue weighted by atomic mass is 9.86. The van der Waals surface area contributed by atoms with E-state index in [1.807, 2.05) is 0 Å². The minimum absolute atomic E-state index is 0.454. The van der Waals surface area contributed by atoms with Gasteiger partial charge in [0.1, 0.15) is 0 Å². The molecule has 76 valence electrons. The van der Waals surface area contributed by atoms with Crippen molar-refractivity contribution in [1.82, 2.24) is 5.32 Å². The van der Waals surface area contributed by atoms with Crippen molar-refractivity contribution in [2.75, 3.05) is 6.54 Å². The largest absolute Gasteiger partial charge is 0.330 e. The third-order valence-electron chi connectivity index (χ3n) is 4.16. The second-order valence-corrected chi connectivity index (χ2v) is 4.77. The van der Waals surface area contributed by atoms with E-state index in [4.69, 9.17) is 5.73 Å². The van der Waals surface area contributed by atoms with Crippen LogP contribution in [0.4, 0.5) is 0 Å². The lowest BCUT2D eigenvalue weighted by molar-refractivity contribution is 0.273. The van der Waals surface area contributed by atoms with Gasteiger partial charge in [-0.15, -0.1) is 0 Å². The first-order chi connectivity index (χ1) is 6.30. The van der Waals surface area contributed by atoms with Crippen molar-refractivity contribution in [3.05, 3.63) is 0 Å². The summed E-state index contributed by atoms with van der Waals surface area (Å²) >= 11 is 0. The topological polar surface area (TPSA) is 38.0 Å². The second kappa shape index (κ2) is 3.58. The Morgan fingerprint density at radius 3 is 2.85 bits per heavy atom. The van der Waals surface area contributed by atoms with E-state index in [1.54, 1.807) is 0 Å². The summed E-state index contributed by atoms with van der Waals surface area (Å²) in [5, 5.41) is 3.84. The number of rotatable bonds is 2. The van der Waals surface area contributed by atoms with Crippen LogP contribution in [0, 0.1) is 5.92 Å². The summed E-state index contributed by atoms with van der Waals surface area (Å²) in [7, 11) is 0. The van der Waals surface area contributed by atoms with Crippen molar-refractivity contribution in [3.63, 3.8) is 0 Å². The van der Waals surface area contributed by atoms with Crippen LogP contribution in [0.25, 0.3) is 0 Å². The zero-order chi connectivity index (χ0) is 9.31. The van der Waals surface area contributed by atoms with Gasteiger partial charge >= 0.3 is 0 Å².